The van der Waals surface area contributed by atoms with Crippen LogP contribution in [0, 0.1) is 22.6 Å². The average Bonchev–Trinajstić information content (AvgIpc) is 3.40. The highest BCUT2D eigenvalue weighted by molar-refractivity contribution is 5.78. The van der Waals surface area contributed by atoms with Crippen molar-refractivity contribution < 1.29 is 22.4 Å². The number of benzene rings is 3. The zero-order valence-electron chi connectivity index (χ0n) is 22.5. The van der Waals surface area contributed by atoms with Crippen LogP contribution in [0.1, 0.15) is 41.8 Å². The summed E-state index contributed by atoms with van der Waals surface area (Å²) < 4.78 is 54.7. The Hall–Kier alpha value is -4.39. The minimum Gasteiger partial charge on any atom is -0.341 e. The van der Waals surface area contributed by atoms with E-state index in [1.54, 1.807) is 25.1 Å². The SMILES string of the molecule is CN(C)C(=O)N1CCC2(CC1)CC2(c1ccc(-c2cccc(C#N)c2)cc1)c1nc2cc(F)c(C(F)(F)F)cc2[nH]1. The summed E-state index contributed by atoms with van der Waals surface area (Å²) in [7, 11) is 3.43. The number of piperidine rings is 1. The fourth-order valence-corrected chi connectivity index (χ4v) is 6.52. The number of fused-ring (bicyclic) bond motifs is 1. The van der Waals surface area contributed by atoms with Crippen LogP contribution >= 0.6 is 0 Å². The number of hydrogen-bond donors (Lipinski definition) is 1. The van der Waals surface area contributed by atoms with Crippen LogP contribution in [0.15, 0.2) is 60.7 Å². The van der Waals surface area contributed by atoms with Crippen LogP contribution in [0.4, 0.5) is 22.4 Å². The van der Waals surface area contributed by atoms with E-state index in [1.807, 2.05) is 47.4 Å². The van der Waals surface area contributed by atoms with E-state index in [0.29, 0.717) is 43.7 Å². The van der Waals surface area contributed by atoms with Gasteiger partial charge in [-0.15, -0.1) is 0 Å². The van der Waals surface area contributed by atoms with Crippen molar-refractivity contribution in [3.63, 3.8) is 0 Å². The number of carbonyl (C=O) groups is 1. The molecule has 2 aliphatic rings. The lowest BCUT2D eigenvalue weighted by Gasteiger charge is -2.36. The molecule has 1 saturated heterocycles. The minimum absolute atomic E-state index is 0.0612. The first-order valence-corrected chi connectivity index (χ1v) is 13.3. The average molecular weight is 562 g/mol. The third-order valence-electron chi connectivity index (χ3n) is 8.74. The van der Waals surface area contributed by atoms with Gasteiger partial charge in [-0.25, -0.2) is 14.2 Å². The number of urea groups is 1. The number of H-pyrrole nitrogens is 1. The summed E-state index contributed by atoms with van der Waals surface area (Å²) in [5.41, 5.74) is 1.33. The number of likely N-dealkylation sites (tertiary alicyclic amines) is 1. The Balaban J connectivity index is 1.42. The molecule has 6 rings (SSSR count). The highest BCUT2D eigenvalue weighted by Crippen LogP contribution is 2.72. The Morgan fingerprint density at radius 2 is 1.76 bits per heavy atom. The highest BCUT2D eigenvalue weighted by atomic mass is 19.4. The molecule has 0 radical (unpaired) electrons. The van der Waals surface area contributed by atoms with Crippen molar-refractivity contribution in [2.75, 3.05) is 27.2 Å². The molecule has 1 N–H and O–H groups in total. The number of carbonyl (C=O) groups excluding carboxylic acids is 1. The Bertz CT molecular complexity index is 1690. The maximum Gasteiger partial charge on any atom is 0.419 e. The number of nitrogens with one attached hydrogen (secondary N) is 1. The molecule has 1 aliphatic carbocycles. The zero-order valence-corrected chi connectivity index (χ0v) is 22.5. The van der Waals surface area contributed by atoms with Gasteiger partial charge < -0.3 is 14.8 Å². The summed E-state index contributed by atoms with van der Waals surface area (Å²) >= 11 is 0. The number of alkyl halides is 3. The van der Waals surface area contributed by atoms with Gasteiger partial charge in [0.2, 0.25) is 0 Å². The first kappa shape index (κ1) is 26.8. The van der Waals surface area contributed by atoms with Gasteiger partial charge in [-0.1, -0.05) is 36.4 Å². The number of halogens is 4. The quantitative estimate of drug-likeness (QED) is 0.283. The summed E-state index contributed by atoms with van der Waals surface area (Å²) in [5, 5.41) is 9.28. The highest BCUT2D eigenvalue weighted by Gasteiger charge is 2.70. The number of hydrogen-bond acceptors (Lipinski definition) is 3. The molecular formula is C31H27F4N5O. The van der Waals surface area contributed by atoms with Crippen molar-refractivity contribution in [3.8, 4) is 17.2 Å². The second kappa shape index (κ2) is 9.33. The number of nitriles is 1. The van der Waals surface area contributed by atoms with E-state index in [4.69, 9.17) is 0 Å². The molecule has 6 nitrogen and oxygen atoms in total. The van der Waals surface area contributed by atoms with E-state index in [1.165, 1.54) is 0 Å². The van der Waals surface area contributed by atoms with E-state index in [2.05, 4.69) is 16.0 Å². The largest absolute Gasteiger partial charge is 0.419 e. The molecule has 1 atom stereocenters. The van der Waals surface area contributed by atoms with Crippen LogP contribution in [0.3, 0.4) is 0 Å². The molecular weight excluding hydrogens is 534 g/mol. The zero-order chi connectivity index (χ0) is 29.2. The van der Waals surface area contributed by atoms with Gasteiger partial charge in [0.1, 0.15) is 11.6 Å². The van der Waals surface area contributed by atoms with Gasteiger partial charge in [-0.2, -0.15) is 18.4 Å². The maximum absolute atomic E-state index is 14.4. The molecule has 0 bridgehead atoms. The number of aromatic nitrogens is 2. The van der Waals surface area contributed by atoms with E-state index < -0.39 is 23.0 Å². The number of rotatable bonds is 3. The van der Waals surface area contributed by atoms with Crippen molar-refractivity contribution in [3.05, 3.63) is 89.0 Å². The van der Waals surface area contributed by atoms with Crippen molar-refractivity contribution in [1.82, 2.24) is 19.8 Å². The van der Waals surface area contributed by atoms with E-state index in [-0.39, 0.29) is 22.5 Å². The number of nitrogens with zero attached hydrogens (tertiary/aromatic N) is 4. The van der Waals surface area contributed by atoms with Crippen LogP contribution in [-0.4, -0.2) is 53.0 Å². The summed E-state index contributed by atoms with van der Waals surface area (Å²) in [4.78, 5) is 23.7. The topological polar surface area (TPSA) is 76.0 Å². The standard InChI is InChI=1S/C31H27F4N5O/c1-39(2)28(41)40-12-10-29(11-13-40)18-30(29,22-8-6-20(7-9-22)21-5-3-4-19(14-21)17-36)27-37-25-15-23(31(33,34)35)24(32)16-26(25)38-27/h3-9,14-16H,10-13,18H2,1-2H3,(H,37,38). The molecule has 41 heavy (non-hydrogen) atoms. The van der Waals surface area contributed by atoms with Gasteiger partial charge in [0.15, 0.2) is 0 Å². The third kappa shape index (κ3) is 4.31. The van der Waals surface area contributed by atoms with Gasteiger partial charge in [0.25, 0.3) is 0 Å². The Morgan fingerprint density at radius 1 is 1.05 bits per heavy atom. The van der Waals surface area contributed by atoms with Crippen LogP contribution in [0.2, 0.25) is 0 Å². The lowest BCUT2D eigenvalue weighted by Crippen LogP contribution is -2.45. The lowest BCUT2D eigenvalue weighted by atomic mass is 9.79. The van der Waals surface area contributed by atoms with E-state index in [9.17, 15) is 27.6 Å². The Labute approximate surface area is 234 Å². The molecule has 1 unspecified atom stereocenters. The molecule has 4 aromatic rings. The maximum atomic E-state index is 14.4. The molecule has 2 heterocycles. The fraction of sp³-hybridized carbons (Fsp3) is 0.323. The van der Waals surface area contributed by atoms with Crippen LogP contribution < -0.4 is 0 Å². The first-order chi connectivity index (χ1) is 19.5. The molecule has 2 fully saturated rings. The summed E-state index contributed by atoms with van der Waals surface area (Å²) in [6.07, 6.45) is -2.75. The van der Waals surface area contributed by atoms with Crippen molar-refractivity contribution in [1.29, 1.82) is 5.26 Å². The van der Waals surface area contributed by atoms with Crippen molar-refractivity contribution >= 4 is 17.1 Å². The number of amides is 2. The van der Waals surface area contributed by atoms with Crippen molar-refractivity contribution in [2.24, 2.45) is 5.41 Å². The summed E-state index contributed by atoms with van der Waals surface area (Å²) in [6.45, 7) is 1.09. The fourth-order valence-electron chi connectivity index (χ4n) is 6.52. The molecule has 1 aromatic heterocycles. The van der Waals surface area contributed by atoms with Gasteiger partial charge in [0, 0.05) is 33.3 Å². The predicted molar refractivity (Wildman–Crippen MR) is 145 cm³/mol. The summed E-state index contributed by atoms with van der Waals surface area (Å²) in [5.74, 6) is -0.861. The Morgan fingerprint density at radius 3 is 2.39 bits per heavy atom. The molecule has 210 valence electrons. The van der Waals surface area contributed by atoms with Crippen LogP contribution in [0.25, 0.3) is 22.2 Å². The molecule has 1 saturated carbocycles. The lowest BCUT2D eigenvalue weighted by molar-refractivity contribution is -0.139. The van der Waals surface area contributed by atoms with E-state index >= 15 is 0 Å². The monoisotopic (exact) mass is 561 g/mol. The normalized spacial score (nSPS) is 19.8. The van der Waals surface area contributed by atoms with Gasteiger partial charge >= 0.3 is 12.2 Å². The van der Waals surface area contributed by atoms with E-state index in [0.717, 1.165) is 28.8 Å². The second-order valence-electron chi connectivity index (χ2n) is 11.2. The minimum atomic E-state index is -4.83. The smallest absolute Gasteiger partial charge is 0.341 e. The second-order valence-corrected chi connectivity index (χ2v) is 11.2. The third-order valence-corrected chi connectivity index (χ3v) is 8.74. The van der Waals surface area contributed by atoms with Gasteiger partial charge in [0.05, 0.1) is 33.6 Å². The number of imidazole rings is 1. The first-order valence-electron chi connectivity index (χ1n) is 13.3. The van der Waals surface area contributed by atoms with Gasteiger partial charge in [-0.3, -0.25) is 0 Å². The number of aromatic amines is 1. The molecule has 1 aliphatic heterocycles. The predicted octanol–water partition coefficient (Wildman–Crippen LogP) is 6.71. The van der Waals surface area contributed by atoms with Crippen molar-refractivity contribution in [2.45, 2.75) is 30.9 Å². The molecule has 1 spiro atoms. The molecule has 3 aromatic carbocycles. The van der Waals surface area contributed by atoms with Crippen LogP contribution in [0.5, 0.6) is 0 Å². The van der Waals surface area contributed by atoms with Crippen LogP contribution in [-0.2, 0) is 11.6 Å². The Kier molecular flexibility index (Phi) is 6.10. The molecule has 10 heteroatoms. The molecule has 2 amide bonds. The van der Waals surface area contributed by atoms with Gasteiger partial charge in [-0.05, 0) is 59.6 Å². The summed E-state index contributed by atoms with van der Waals surface area (Å²) in [6, 6.07) is 18.9.